The number of carbonyl (C=O) groups excluding carboxylic acids is 1. The van der Waals surface area contributed by atoms with Gasteiger partial charge in [0.1, 0.15) is 5.82 Å². The van der Waals surface area contributed by atoms with Crippen LogP contribution in [0.25, 0.3) is 10.1 Å². The van der Waals surface area contributed by atoms with Crippen LogP contribution in [0.4, 0.5) is 4.39 Å². The number of fused-ring (bicyclic) bond motifs is 1. The highest BCUT2D eigenvalue weighted by Gasteiger charge is 2.29. The molecule has 2 N–H and O–H groups in total. The van der Waals surface area contributed by atoms with E-state index in [4.69, 9.17) is 5.73 Å². The molecule has 3 rings (SSSR count). The molecule has 2 heterocycles. The summed E-state index contributed by atoms with van der Waals surface area (Å²) in [5.41, 5.74) is 5.80. The zero-order valence-corrected chi connectivity index (χ0v) is 12.7. The molecule has 1 aliphatic rings. The number of halogens is 1. The number of rotatable bonds is 2. The largest absolute Gasteiger partial charge is 0.331 e. The number of piperazine rings is 1. The normalized spacial score (nSPS) is 20.1. The van der Waals surface area contributed by atoms with E-state index in [0.29, 0.717) is 18.0 Å². The molecule has 6 heteroatoms. The summed E-state index contributed by atoms with van der Waals surface area (Å²) < 4.78 is 14.1. The Morgan fingerprint density at radius 1 is 1.43 bits per heavy atom. The van der Waals surface area contributed by atoms with Crippen LogP contribution in [0.15, 0.2) is 24.3 Å². The first-order valence-corrected chi connectivity index (χ1v) is 7.79. The summed E-state index contributed by atoms with van der Waals surface area (Å²) in [5.74, 6) is -0.275. The number of hydrogen-bond acceptors (Lipinski definition) is 4. The van der Waals surface area contributed by atoms with Crippen LogP contribution in [0.2, 0.25) is 0 Å². The molecule has 1 saturated heterocycles. The molecule has 1 amide bonds. The van der Waals surface area contributed by atoms with Crippen molar-refractivity contribution < 1.29 is 9.18 Å². The number of nitrogens with zero attached hydrogens (tertiary/aromatic N) is 2. The van der Waals surface area contributed by atoms with Gasteiger partial charge in [-0.3, -0.25) is 4.79 Å². The van der Waals surface area contributed by atoms with Gasteiger partial charge in [-0.15, -0.1) is 11.3 Å². The third-order valence-corrected chi connectivity index (χ3v) is 5.00. The Hall–Kier alpha value is -1.50. The first-order valence-electron chi connectivity index (χ1n) is 6.97. The Labute approximate surface area is 126 Å². The van der Waals surface area contributed by atoms with Gasteiger partial charge < -0.3 is 15.5 Å². The van der Waals surface area contributed by atoms with E-state index < -0.39 is 0 Å². The van der Waals surface area contributed by atoms with E-state index in [2.05, 4.69) is 4.90 Å². The maximum absolute atomic E-state index is 13.3. The van der Waals surface area contributed by atoms with Crippen molar-refractivity contribution in [3.63, 3.8) is 0 Å². The summed E-state index contributed by atoms with van der Waals surface area (Å²) in [6.07, 6.45) is 0. The minimum Gasteiger partial charge on any atom is -0.331 e. The van der Waals surface area contributed by atoms with E-state index in [0.717, 1.165) is 23.2 Å². The second kappa shape index (κ2) is 5.71. The van der Waals surface area contributed by atoms with Gasteiger partial charge in [0.05, 0.1) is 10.9 Å². The summed E-state index contributed by atoms with van der Waals surface area (Å²) in [4.78, 5) is 17.4. The topological polar surface area (TPSA) is 49.6 Å². The first-order chi connectivity index (χ1) is 10.1. The van der Waals surface area contributed by atoms with Gasteiger partial charge >= 0.3 is 0 Å². The summed E-state index contributed by atoms with van der Waals surface area (Å²) in [6, 6.07) is 6.48. The van der Waals surface area contributed by atoms with Crippen LogP contribution in [0.3, 0.4) is 0 Å². The van der Waals surface area contributed by atoms with Crippen LogP contribution >= 0.6 is 11.3 Å². The second-order valence-electron chi connectivity index (χ2n) is 5.44. The number of nitrogens with two attached hydrogens (primary N) is 1. The summed E-state index contributed by atoms with van der Waals surface area (Å²) in [7, 11) is 2.03. The highest BCUT2D eigenvalue weighted by atomic mass is 32.1. The summed E-state index contributed by atoms with van der Waals surface area (Å²) in [5, 5.41) is 0.906. The number of amides is 1. The minimum absolute atomic E-state index is 0.000146. The quantitative estimate of drug-likeness (QED) is 0.920. The van der Waals surface area contributed by atoms with E-state index in [-0.39, 0.29) is 17.8 Å². The molecule has 0 bridgehead atoms. The summed E-state index contributed by atoms with van der Waals surface area (Å²) >= 11 is 1.34. The Balaban J connectivity index is 1.88. The number of carbonyl (C=O) groups is 1. The van der Waals surface area contributed by atoms with E-state index >= 15 is 0 Å². The smallest absolute Gasteiger partial charge is 0.264 e. The van der Waals surface area contributed by atoms with Crippen molar-refractivity contribution in [2.24, 2.45) is 5.73 Å². The molecule has 0 saturated carbocycles. The van der Waals surface area contributed by atoms with Crippen molar-refractivity contribution in [1.82, 2.24) is 9.80 Å². The molecule has 0 spiro atoms. The van der Waals surface area contributed by atoms with Crippen molar-refractivity contribution in [1.29, 1.82) is 0 Å². The highest BCUT2D eigenvalue weighted by molar-refractivity contribution is 7.20. The molecule has 4 nitrogen and oxygen atoms in total. The molecule has 1 fully saturated rings. The molecule has 1 aromatic carbocycles. The zero-order valence-electron chi connectivity index (χ0n) is 11.9. The van der Waals surface area contributed by atoms with Crippen LogP contribution in [0.5, 0.6) is 0 Å². The predicted molar refractivity (Wildman–Crippen MR) is 83.2 cm³/mol. The highest BCUT2D eigenvalue weighted by Crippen LogP contribution is 2.28. The lowest BCUT2D eigenvalue weighted by molar-refractivity contribution is 0.0521. The molecule has 0 aliphatic carbocycles. The second-order valence-corrected chi connectivity index (χ2v) is 6.53. The van der Waals surface area contributed by atoms with Gasteiger partial charge in [-0.05, 0) is 30.6 Å². The molecule has 0 radical (unpaired) electrons. The monoisotopic (exact) mass is 307 g/mol. The van der Waals surface area contributed by atoms with Gasteiger partial charge in [-0.1, -0.05) is 6.07 Å². The molecule has 21 heavy (non-hydrogen) atoms. The van der Waals surface area contributed by atoms with Gasteiger partial charge in [0, 0.05) is 30.9 Å². The maximum Gasteiger partial charge on any atom is 0.264 e. The van der Waals surface area contributed by atoms with Crippen LogP contribution < -0.4 is 5.73 Å². The van der Waals surface area contributed by atoms with Crippen LogP contribution in [-0.4, -0.2) is 55.0 Å². The molecule has 2 aromatic rings. The zero-order chi connectivity index (χ0) is 15.0. The molecular formula is C15H18FN3OS. The molecule has 112 valence electrons. The standard InChI is InChI=1S/C15H18FN3OS/c1-18-4-5-19(12(8-17)9-18)15(20)14-6-10-2-3-11(16)7-13(10)21-14/h2-3,6-7,12H,4-5,8-9,17H2,1H3. The minimum atomic E-state index is -0.275. The van der Waals surface area contributed by atoms with Crippen molar-refractivity contribution in [3.05, 3.63) is 35.0 Å². The Morgan fingerprint density at radius 3 is 3.00 bits per heavy atom. The van der Waals surface area contributed by atoms with Crippen molar-refractivity contribution >= 4 is 27.3 Å². The van der Waals surface area contributed by atoms with Crippen molar-refractivity contribution in [2.75, 3.05) is 33.2 Å². The van der Waals surface area contributed by atoms with Gasteiger partial charge in [0.15, 0.2) is 0 Å². The average Bonchev–Trinajstić information content (AvgIpc) is 2.89. The van der Waals surface area contributed by atoms with Crippen LogP contribution in [-0.2, 0) is 0 Å². The Morgan fingerprint density at radius 2 is 2.24 bits per heavy atom. The third-order valence-electron chi connectivity index (χ3n) is 3.91. The fraction of sp³-hybridized carbons (Fsp3) is 0.400. The van der Waals surface area contributed by atoms with Gasteiger partial charge in [0.2, 0.25) is 0 Å². The molecule has 1 aliphatic heterocycles. The predicted octanol–water partition coefficient (Wildman–Crippen LogP) is 1.76. The van der Waals surface area contributed by atoms with E-state index in [1.54, 1.807) is 6.07 Å². The van der Waals surface area contributed by atoms with Crippen LogP contribution in [0.1, 0.15) is 9.67 Å². The van der Waals surface area contributed by atoms with E-state index in [1.807, 2.05) is 18.0 Å². The molecule has 1 atom stereocenters. The fourth-order valence-electron chi connectivity index (χ4n) is 2.73. The van der Waals surface area contributed by atoms with Crippen molar-refractivity contribution in [3.8, 4) is 0 Å². The number of likely N-dealkylation sites (N-methyl/N-ethyl adjacent to an activating group) is 1. The SMILES string of the molecule is CN1CCN(C(=O)c2cc3ccc(F)cc3s2)C(CN)C1. The van der Waals surface area contributed by atoms with E-state index in [1.165, 1.54) is 23.5 Å². The maximum atomic E-state index is 13.3. The van der Waals surface area contributed by atoms with Crippen molar-refractivity contribution in [2.45, 2.75) is 6.04 Å². The lowest BCUT2D eigenvalue weighted by Gasteiger charge is -2.39. The molecule has 1 aromatic heterocycles. The Bertz CT molecular complexity index is 672. The lowest BCUT2D eigenvalue weighted by atomic mass is 10.1. The lowest BCUT2D eigenvalue weighted by Crippen LogP contribution is -2.56. The van der Waals surface area contributed by atoms with E-state index in [9.17, 15) is 9.18 Å². The fourth-order valence-corrected chi connectivity index (χ4v) is 3.78. The number of thiophene rings is 1. The average molecular weight is 307 g/mol. The third kappa shape index (κ3) is 2.79. The van der Waals surface area contributed by atoms with Gasteiger partial charge in [-0.25, -0.2) is 4.39 Å². The van der Waals surface area contributed by atoms with Gasteiger partial charge in [0.25, 0.3) is 5.91 Å². The van der Waals surface area contributed by atoms with Crippen LogP contribution in [0, 0.1) is 5.82 Å². The van der Waals surface area contributed by atoms with Gasteiger partial charge in [-0.2, -0.15) is 0 Å². The molecular weight excluding hydrogens is 289 g/mol. The number of benzene rings is 1. The first kappa shape index (κ1) is 14.4. The molecule has 1 unspecified atom stereocenters. The number of hydrogen-bond donors (Lipinski definition) is 1. The Kier molecular flexibility index (Phi) is 3.93. The summed E-state index contributed by atoms with van der Waals surface area (Å²) in [6.45, 7) is 2.78.